The average molecular weight is 378 g/mol. The Kier molecular flexibility index (Phi) is 5.21. The van der Waals surface area contributed by atoms with Gasteiger partial charge in [0.1, 0.15) is 17.8 Å². The van der Waals surface area contributed by atoms with Crippen LogP contribution >= 0.6 is 23.2 Å². The van der Waals surface area contributed by atoms with E-state index in [4.69, 9.17) is 28.9 Å². The molecule has 1 heterocycles. The molecule has 0 bridgehead atoms. The minimum absolute atomic E-state index is 0.281. The summed E-state index contributed by atoms with van der Waals surface area (Å²) in [6, 6.07) is 11.2. The first-order valence-electron chi connectivity index (χ1n) is 7.33. The summed E-state index contributed by atoms with van der Waals surface area (Å²) in [6.45, 7) is 0.448. The van der Waals surface area contributed by atoms with Crippen molar-refractivity contribution in [2.75, 3.05) is 16.4 Å². The van der Waals surface area contributed by atoms with E-state index in [1.165, 1.54) is 18.5 Å². The van der Waals surface area contributed by atoms with Crippen molar-refractivity contribution >= 4 is 46.2 Å². The molecule has 0 amide bonds. The molecule has 2 aromatic carbocycles. The number of anilines is 4. The minimum Gasteiger partial charge on any atom is -0.393 e. The largest absolute Gasteiger partial charge is 0.393 e. The van der Waals surface area contributed by atoms with E-state index in [0.29, 0.717) is 39.6 Å². The normalized spacial score (nSPS) is 10.5. The molecule has 1 aromatic heterocycles. The lowest BCUT2D eigenvalue weighted by Crippen LogP contribution is -2.08. The van der Waals surface area contributed by atoms with Crippen molar-refractivity contribution < 1.29 is 4.39 Å². The maximum Gasteiger partial charge on any atom is 0.159 e. The van der Waals surface area contributed by atoms with Crippen molar-refractivity contribution in [2.45, 2.75) is 6.54 Å². The predicted octanol–water partition coefficient (Wildman–Crippen LogP) is 4.86. The summed E-state index contributed by atoms with van der Waals surface area (Å²) in [5.74, 6) is 0.613. The number of hydrogen-bond donors (Lipinski definition) is 3. The van der Waals surface area contributed by atoms with Gasteiger partial charge in [0.25, 0.3) is 0 Å². The Morgan fingerprint density at radius 2 is 1.60 bits per heavy atom. The molecule has 0 aliphatic carbocycles. The highest BCUT2D eigenvalue weighted by atomic mass is 35.5. The summed E-state index contributed by atoms with van der Waals surface area (Å²) in [4.78, 5) is 8.27. The van der Waals surface area contributed by atoms with Gasteiger partial charge in [-0.2, -0.15) is 0 Å². The first-order chi connectivity index (χ1) is 12.0. The molecule has 0 spiro atoms. The molecular formula is C17H14Cl2FN5. The lowest BCUT2D eigenvalue weighted by molar-refractivity contribution is 0.627. The topological polar surface area (TPSA) is 75.9 Å². The number of nitrogens with zero attached hydrogens (tertiary/aromatic N) is 2. The highest BCUT2D eigenvalue weighted by Crippen LogP contribution is 2.29. The van der Waals surface area contributed by atoms with Crippen molar-refractivity contribution in [1.82, 2.24) is 9.97 Å². The van der Waals surface area contributed by atoms with Gasteiger partial charge in [-0.3, -0.25) is 0 Å². The van der Waals surface area contributed by atoms with Crippen LogP contribution in [0, 0.1) is 5.82 Å². The van der Waals surface area contributed by atoms with Gasteiger partial charge in [-0.25, -0.2) is 14.4 Å². The zero-order chi connectivity index (χ0) is 17.8. The van der Waals surface area contributed by atoms with E-state index in [2.05, 4.69) is 20.6 Å². The van der Waals surface area contributed by atoms with Crippen molar-refractivity contribution in [1.29, 1.82) is 0 Å². The number of halogens is 3. The molecule has 25 heavy (non-hydrogen) atoms. The number of rotatable bonds is 5. The van der Waals surface area contributed by atoms with Crippen LogP contribution in [0.3, 0.4) is 0 Å². The fourth-order valence-corrected chi connectivity index (χ4v) is 2.71. The van der Waals surface area contributed by atoms with Gasteiger partial charge in [0.05, 0.1) is 0 Å². The van der Waals surface area contributed by atoms with E-state index in [9.17, 15) is 4.39 Å². The fraction of sp³-hybridized carbons (Fsp3) is 0.0588. The number of benzene rings is 2. The lowest BCUT2D eigenvalue weighted by Gasteiger charge is -2.13. The summed E-state index contributed by atoms with van der Waals surface area (Å²) in [7, 11) is 0. The van der Waals surface area contributed by atoms with Crippen LogP contribution < -0.4 is 16.4 Å². The van der Waals surface area contributed by atoms with Crippen molar-refractivity contribution in [3.8, 4) is 0 Å². The van der Waals surface area contributed by atoms with E-state index in [1.54, 1.807) is 30.3 Å². The number of nitrogens with one attached hydrogen (secondary N) is 2. The van der Waals surface area contributed by atoms with Crippen molar-refractivity contribution in [2.24, 2.45) is 0 Å². The molecule has 0 saturated heterocycles. The van der Waals surface area contributed by atoms with Gasteiger partial charge in [-0.15, -0.1) is 0 Å². The Hall–Kier alpha value is -2.57. The van der Waals surface area contributed by atoms with Gasteiger partial charge >= 0.3 is 0 Å². The SMILES string of the molecule is Nc1c(NCc2ccc(F)cc2)ncnc1Nc1cc(Cl)cc(Cl)c1. The zero-order valence-corrected chi connectivity index (χ0v) is 14.4. The van der Waals surface area contributed by atoms with Crippen LogP contribution in [0.15, 0.2) is 48.8 Å². The Bertz CT molecular complexity index is 866. The molecule has 0 saturated carbocycles. The van der Waals surface area contributed by atoms with Gasteiger partial charge in [-0.1, -0.05) is 35.3 Å². The fourth-order valence-electron chi connectivity index (χ4n) is 2.19. The molecule has 3 rings (SSSR count). The van der Waals surface area contributed by atoms with E-state index in [-0.39, 0.29) is 5.82 Å². The summed E-state index contributed by atoms with van der Waals surface area (Å²) in [6.07, 6.45) is 1.39. The van der Waals surface area contributed by atoms with E-state index >= 15 is 0 Å². The summed E-state index contributed by atoms with van der Waals surface area (Å²) < 4.78 is 12.9. The lowest BCUT2D eigenvalue weighted by atomic mass is 10.2. The summed E-state index contributed by atoms with van der Waals surface area (Å²) >= 11 is 12.0. The van der Waals surface area contributed by atoms with Crippen LogP contribution in [-0.4, -0.2) is 9.97 Å². The third-order valence-electron chi connectivity index (χ3n) is 3.38. The number of hydrogen-bond acceptors (Lipinski definition) is 5. The Labute approximate surface area is 154 Å². The molecule has 0 unspecified atom stereocenters. The van der Waals surface area contributed by atoms with Gasteiger partial charge < -0.3 is 16.4 Å². The second-order valence-corrected chi connectivity index (χ2v) is 6.12. The summed E-state index contributed by atoms with van der Waals surface area (Å²) in [5, 5.41) is 7.17. The second kappa shape index (κ2) is 7.55. The van der Waals surface area contributed by atoms with Crippen LogP contribution in [0.5, 0.6) is 0 Å². The predicted molar refractivity (Wildman–Crippen MR) is 99.9 cm³/mol. The Morgan fingerprint density at radius 1 is 0.960 bits per heavy atom. The maximum atomic E-state index is 12.9. The highest BCUT2D eigenvalue weighted by Gasteiger charge is 2.09. The standard InChI is InChI=1S/C17H14Cl2FN5/c18-11-5-12(19)7-14(6-11)25-17-15(21)16(23-9-24-17)22-8-10-1-3-13(20)4-2-10/h1-7,9H,8,21H2,(H2,22,23,24,25). The highest BCUT2D eigenvalue weighted by molar-refractivity contribution is 6.35. The average Bonchev–Trinajstić information content (AvgIpc) is 2.56. The molecule has 0 fully saturated rings. The molecular weight excluding hydrogens is 364 g/mol. The third-order valence-corrected chi connectivity index (χ3v) is 3.82. The van der Waals surface area contributed by atoms with Crippen molar-refractivity contribution in [3.05, 3.63) is 70.2 Å². The summed E-state index contributed by atoms with van der Waals surface area (Å²) in [5.41, 5.74) is 8.03. The molecule has 5 nitrogen and oxygen atoms in total. The molecule has 0 aliphatic rings. The molecule has 3 aromatic rings. The second-order valence-electron chi connectivity index (χ2n) is 5.25. The van der Waals surface area contributed by atoms with Gasteiger partial charge in [0.15, 0.2) is 11.6 Å². The van der Waals surface area contributed by atoms with Crippen LogP contribution in [-0.2, 0) is 6.54 Å². The molecule has 128 valence electrons. The molecule has 0 aliphatic heterocycles. The number of nitrogens with two attached hydrogens (primary N) is 1. The quantitative estimate of drug-likeness (QED) is 0.591. The molecule has 0 radical (unpaired) electrons. The van der Waals surface area contributed by atoms with Crippen LogP contribution in [0.1, 0.15) is 5.56 Å². The van der Waals surface area contributed by atoms with Gasteiger partial charge in [-0.05, 0) is 35.9 Å². The third kappa shape index (κ3) is 4.49. The molecule has 4 N–H and O–H groups in total. The maximum absolute atomic E-state index is 12.9. The van der Waals surface area contributed by atoms with E-state index in [0.717, 1.165) is 5.56 Å². The van der Waals surface area contributed by atoms with E-state index < -0.39 is 0 Å². The number of nitrogen functional groups attached to an aromatic ring is 1. The first kappa shape index (κ1) is 17.3. The smallest absolute Gasteiger partial charge is 0.159 e. The molecule has 8 heteroatoms. The van der Waals surface area contributed by atoms with Gasteiger partial charge in [0, 0.05) is 22.3 Å². The zero-order valence-electron chi connectivity index (χ0n) is 12.9. The molecule has 0 atom stereocenters. The van der Waals surface area contributed by atoms with Crippen LogP contribution in [0.2, 0.25) is 10.0 Å². The van der Waals surface area contributed by atoms with Crippen LogP contribution in [0.25, 0.3) is 0 Å². The van der Waals surface area contributed by atoms with E-state index in [1.807, 2.05) is 0 Å². The number of aromatic nitrogens is 2. The monoisotopic (exact) mass is 377 g/mol. The van der Waals surface area contributed by atoms with Crippen LogP contribution in [0.4, 0.5) is 27.4 Å². The first-order valence-corrected chi connectivity index (χ1v) is 8.09. The Morgan fingerprint density at radius 3 is 2.28 bits per heavy atom. The van der Waals surface area contributed by atoms with Gasteiger partial charge in [0.2, 0.25) is 0 Å². The minimum atomic E-state index is -0.281. The van der Waals surface area contributed by atoms with Crippen molar-refractivity contribution in [3.63, 3.8) is 0 Å². The Balaban J connectivity index is 1.76.